The van der Waals surface area contributed by atoms with Gasteiger partial charge in [0.1, 0.15) is 11.6 Å². The van der Waals surface area contributed by atoms with Gasteiger partial charge in [0.05, 0.1) is 5.69 Å². The highest BCUT2D eigenvalue weighted by molar-refractivity contribution is 5.55. The zero-order valence-electron chi connectivity index (χ0n) is 11.4. The maximum atomic E-state index is 13.3. The third-order valence-electron chi connectivity index (χ3n) is 2.99. The van der Waals surface area contributed by atoms with E-state index in [4.69, 9.17) is 10.5 Å². The quantitative estimate of drug-likeness (QED) is 0.815. The average Bonchev–Trinajstić information content (AvgIpc) is 2.33. The molecule has 0 saturated carbocycles. The average molecular weight is 259 g/mol. The summed E-state index contributed by atoms with van der Waals surface area (Å²) in [7, 11) is 0. The van der Waals surface area contributed by atoms with Gasteiger partial charge in [-0.1, -0.05) is 26.0 Å². The van der Waals surface area contributed by atoms with Crippen molar-refractivity contribution in [3.8, 4) is 11.5 Å². The third kappa shape index (κ3) is 3.05. The van der Waals surface area contributed by atoms with Crippen LogP contribution in [0.15, 0.2) is 36.4 Å². The molecule has 0 aromatic heterocycles. The number of benzene rings is 2. The van der Waals surface area contributed by atoms with Crippen LogP contribution in [-0.2, 0) is 0 Å². The molecule has 2 N–H and O–H groups in total. The van der Waals surface area contributed by atoms with Crippen LogP contribution < -0.4 is 10.5 Å². The fourth-order valence-corrected chi connectivity index (χ4v) is 1.92. The summed E-state index contributed by atoms with van der Waals surface area (Å²) in [4.78, 5) is 0. The molecule has 2 nitrogen and oxygen atoms in total. The molecule has 2 aromatic carbocycles. The lowest BCUT2D eigenvalue weighted by Crippen LogP contribution is -1.97. The number of rotatable bonds is 3. The van der Waals surface area contributed by atoms with E-state index in [9.17, 15) is 4.39 Å². The number of anilines is 1. The molecule has 0 radical (unpaired) electrons. The summed E-state index contributed by atoms with van der Waals surface area (Å²) in [5.74, 6) is 1.05. The molecule has 2 rings (SSSR count). The normalized spacial score (nSPS) is 10.8. The molecule has 0 bridgehead atoms. The molecular weight excluding hydrogens is 241 g/mol. The van der Waals surface area contributed by atoms with Crippen LogP contribution in [0.25, 0.3) is 0 Å². The van der Waals surface area contributed by atoms with E-state index in [1.807, 2.05) is 25.1 Å². The van der Waals surface area contributed by atoms with Crippen molar-refractivity contribution >= 4 is 5.69 Å². The molecule has 0 aliphatic rings. The first-order valence-corrected chi connectivity index (χ1v) is 6.31. The fraction of sp³-hybridized carbons (Fsp3) is 0.250. The Bertz CT molecular complexity index is 593. The van der Waals surface area contributed by atoms with E-state index in [0.717, 1.165) is 16.9 Å². The Kier molecular flexibility index (Phi) is 3.74. The number of aryl methyl sites for hydroxylation is 1. The Balaban J connectivity index is 2.42. The third-order valence-corrected chi connectivity index (χ3v) is 2.99. The molecule has 0 atom stereocenters. The Labute approximate surface area is 113 Å². The number of nitrogen functional groups attached to an aromatic ring is 1. The van der Waals surface area contributed by atoms with Crippen LogP contribution in [0, 0.1) is 12.7 Å². The number of ether oxygens (including phenoxy) is 1. The molecule has 0 unspecified atom stereocenters. The molecule has 0 amide bonds. The van der Waals surface area contributed by atoms with Gasteiger partial charge in [-0.05, 0) is 42.2 Å². The summed E-state index contributed by atoms with van der Waals surface area (Å²) < 4.78 is 19.1. The number of hydrogen-bond donors (Lipinski definition) is 1. The van der Waals surface area contributed by atoms with Crippen LogP contribution in [0.2, 0.25) is 0 Å². The highest BCUT2D eigenvalue weighted by Crippen LogP contribution is 2.34. The predicted molar refractivity (Wildman–Crippen MR) is 76.2 cm³/mol. The molecule has 0 aliphatic carbocycles. The van der Waals surface area contributed by atoms with Crippen LogP contribution in [0.3, 0.4) is 0 Å². The van der Waals surface area contributed by atoms with Crippen molar-refractivity contribution in [2.75, 3.05) is 5.73 Å². The van der Waals surface area contributed by atoms with Crippen LogP contribution in [-0.4, -0.2) is 0 Å². The molecule has 100 valence electrons. The summed E-state index contributed by atoms with van der Waals surface area (Å²) in [6.45, 7) is 6.17. The maximum absolute atomic E-state index is 13.3. The topological polar surface area (TPSA) is 35.2 Å². The van der Waals surface area contributed by atoms with Gasteiger partial charge in [-0.25, -0.2) is 4.39 Å². The second kappa shape index (κ2) is 5.31. The van der Waals surface area contributed by atoms with Crippen LogP contribution in [0.5, 0.6) is 11.5 Å². The van der Waals surface area contributed by atoms with E-state index >= 15 is 0 Å². The van der Waals surface area contributed by atoms with Gasteiger partial charge in [0, 0.05) is 6.07 Å². The molecule has 0 spiro atoms. The first-order chi connectivity index (χ1) is 8.97. The van der Waals surface area contributed by atoms with Crippen LogP contribution in [0.1, 0.15) is 30.9 Å². The van der Waals surface area contributed by atoms with Gasteiger partial charge in [0.2, 0.25) is 0 Å². The Morgan fingerprint density at radius 1 is 1.05 bits per heavy atom. The standard InChI is InChI=1S/C16H18FNO/c1-10(2)13-6-4-11(3)8-15(13)19-16-9-12(17)5-7-14(16)18/h4-10H,18H2,1-3H3. The van der Waals surface area contributed by atoms with Crippen molar-refractivity contribution in [1.82, 2.24) is 0 Å². The van der Waals surface area contributed by atoms with Crippen molar-refractivity contribution in [3.05, 3.63) is 53.3 Å². The van der Waals surface area contributed by atoms with Gasteiger partial charge >= 0.3 is 0 Å². The minimum atomic E-state index is -0.358. The highest BCUT2D eigenvalue weighted by Gasteiger charge is 2.11. The maximum Gasteiger partial charge on any atom is 0.153 e. The van der Waals surface area contributed by atoms with Crippen LogP contribution in [0.4, 0.5) is 10.1 Å². The summed E-state index contributed by atoms with van der Waals surface area (Å²) in [6, 6.07) is 10.2. The number of halogens is 1. The first-order valence-electron chi connectivity index (χ1n) is 6.31. The molecule has 0 aliphatic heterocycles. The van der Waals surface area contributed by atoms with Gasteiger partial charge in [-0.15, -0.1) is 0 Å². The van der Waals surface area contributed by atoms with E-state index < -0.39 is 0 Å². The summed E-state index contributed by atoms with van der Waals surface area (Å²) in [5.41, 5.74) is 8.41. The van der Waals surface area contributed by atoms with Crippen molar-refractivity contribution in [1.29, 1.82) is 0 Å². The van der Waals surface area contributed by atoms with E-state index in [0.29, 0.717) is 17.4 Å². The smallest absolute Gasteiger partial charge is 0.153 e. The lowest BCUT2D eigenvalue weighted by atomic mass is 10.0. The van der Waals surface area contributed by atoms with Gasteiger partial charge in [-0.3, -0.25) is 0 Å². The van der Waals surface area contributed by atoms with Crippen molar-refractivity contribution in [3.63, 3.8) is 0 Å². The Morgan fingerprint density at radius 2 is 1.79 bits per heavy atom. The van der Waals surface area contributed by atoms with Crippen LogP contribution >= 0.6 is 0 Å². The van der Waals surface area contributed by atoms with Gasteiger partial charge < -0.3 is 10.5 Å². The monoisotopic (exact) mass is 259 g/mol. The summed E-state index contributed by atoms with van der Waals surface area (Å²) in [5, 5.41) is 0. The summed E-state index contributed by atoms with van der Waals surface area (Å²) in [6.07, 6.45) is 0. The van der Waals surface area contributed by atoms with Gasteiger partial charge in [-0.2, -0.15) is 0 Å². The Morgan fingerprint density at radius 3 is 2.47 bits per heavy atom. The lowest BCUT2D eigenvalue weighted by Gasteiger charge is -2.15. The molecule has 19 heavy (non-hydrogen) atoms. The van der Waals surface area contributed by atoms with Crippen molar-refractivity contribution in [2.45, 2.75) is 26.7 Å². The minimum absolute atomic E-state index is 0.324. The molecule has 2 aromatic rings. The molecular formula is C16H18FNO. The van der Waals surface area contributed by atoms with Crippen molar-refractivity contribution in [2.24, 2.45) is 0 Å². The number of hydrogen-bond acceptors (Lipinski definition) is 2. The second-order valence-corrected chi connectivity index (χ2v) is 4.98. The Hall–Kier alpha value is -2.03. The van der Waals surface area contributed by atoms with E-state index in [1.165, 1.54) is 18.2 Å². The van der Waals surface area contributed by atoms with Gasteiger partial charge in [0.15, 0.2) is 5.75 Å². The predicted octanol–water partition coefficient (Wildman–Crippen LogP) is 4.63. The van der Waals surface area contributed by atoms with Crippen molar-refractivity contribution < 1.29 is 9.13 Å². The summed E-state index contributed by atoms with van der Waals surface area (Å²) >= 11 is 0. The molecule has 0 heterocycles. The first kappa shape index (κ1) is 13.4. The van der Waals surface area contributed by atoms with E-state index in [2.05, 4.69) is 13.8 Å². The zero-order chi connectivity index (χ0) is 14.0. The molecule has 3 heteroatoms. The second-order valence-electron chi connectivity index (χ2n) is 4.98. The molecule has 0 fully saturated rings. The fourth-order valence-electron chi connectivity index (χ4n) is 1.92. The lowest BCUT2D eigenvalue weighted by molar-refractivity contribution is 0.470. The SMILES string of the molecule is Cc1ccc(C(C)C)c(Oc2cc(F)ccc2N)c1. The molecule has 0 saturated heterocycles. The highest BCUT2D eigenvalue weighted by atomic mass is 19.1. The minimum Gasteiger partial charge on any atom is -0.455 e. The number of nitrogens with two attached hydrogens (primary N) is 1. The van der Waals surface area contributed by atoms with E-state index in [1.54, 1.807) is 0 Å². The van der Waals surface area contributed by atoms with Gasteiger partial charge in [0.25, 0.3) is 0 Å². The largest absolute Gasteiger partial charge is 0.455 e. The zero-order valence-corrected chi connectivity index (χ0v) is 11.4. The van der Waals surface area contributed by atoms with E-state index in [-0.39, 0.29) is 5.82 Å².